The zero-order chi connectivity index (χ0) is 12.6. The summed E-state index contributed by atoms with van der Waals surface area (Å²) in [6, 6.07) is 2.21. The van der Waals surface area contributed by atoms with E-state index in [1.807, 2.05) is 0 Å². The highest BCUT2D eigenvalue weighted by Crippen LogP contribution is 2.36. The maximum absolute atomic E-state index is 9.85. The molecule has 3 fully saturated rings. The van der Waals surface area contributed by atoms with Gasteiger partial charge in [-0.25, -0.2) is 0 Å². The first-order valence-corrected chi connectivity index (χ1v) is 7.83. The van der Waals surface area contributed by atoms with E-state index in [1.165, 1.54) is 44.9 Å². The number of nitrogens with zero attached hydrogens (tertiary/aromatic N) is 1. The molecule has 0 aromatic carbocycles. The van der Waals surface area contributed by atoms with Crippen molar-refractivity contribution in [3.63, 3.8) is 0 Å². The Morgan fingerprint density at radius 2 is 1.83 bits per heavy atom. The van der Waals surface area contributed by atoms with Crippen molar-refractivity contribution in [2.45, 2.75) is 81.5 Å². The van der Waals surface area contributed by atoms with Crippen LogP contribution in [-0.4, -0.2) is 47.3 Å². The first-order valence-electron chi connectivity index (χ1n) is 7.83. The lowest BCUT2D eigenvalue weighted by Gasteiger charge is -2.47. The molecule has 18 heavy (non-hydrogen) atoms. The van der Waals surface area contributed by atoms with Gasteiger partial charge in [-0.3, -0.25) is 0 Å². The third-order valence-electron chi connectivity index (χ3n) is 5.44. The van der Waals surface area contributed by atoms with Crippen molar-refractivity contribution in [2.75, 3.05) is 13.7 Å². The van der Waals surface area contributed by atoms with Crippen LogP contribution in [0.5, 0.6) is 0 Å². The molecule has 3 rings (SSSR count). The molecular weight excluding hydrogens is 224 g/mol. The summed E-state index contributed by atoms with van der Waals surface area (Å²) in [5.74, 6) is 0. The van der Waals surface area contributed by atoms with Crippen molar-refractivity contribution in [1.29, 1.82) is 0 Å². The highest BCUT2D eigenvalue weighted by molar-refractivity contribution is 5.01. The van der Waals surface area contributed by atoms with E-state index in [0.717, 1.165) is 18.9 Å². The highest BCUT2D eigenvalue weighted by Gasteiger charge is 2.42. The van der Waals surface area contributed by atoms with Gasteiger partial charge in [0, 0.05) is 23.7 Å². The van der Waals surface area contributed by atoms with Gasteiger partial charge in [-0.2, -0.15) is 0 Å². The van der Waals surface area contributed by atoms with E-state index in [9.17, 15) is 5.11 Å². The van der Waals surface area contributed by atoms with E-state index in [1.54, 1.807) is 0 Å². The Morgan fingerprint density at radius 1 is 1.11 bits per heavy atom. The quantitative estimate of drug-likeness (QED) is 0.784. The summed E-state index contributed by atoms with van der Waals surface area (Å²) in [4.78, 5) is 2.61. The van der Waals surface area contributed by atoms with Crippen LogP contribution in [0, 0.1) is 0 Å². The second-order valence-corrected chi connectivity index (χ2v) is 6.86. The molecule has 0 bridgehead atoms. The molecule has 0 aliphatic heterocycles. The number of aliphatic hydroxyl groups excluding tert-OH is 1. The third-order valence-corrected chi connectivity index (χ3v) is 5.44. The smallest absolute Gasteiger partial charge is 0.0613 e. The molecule has 3 saturated carbocycles. The average Bonchev–Trinajstić information content (AvgIpc) is 3.11. The van der Waals surface area contributed by atoms with E-state index < -0.39 is 0 Å². The fourth-order valence-electron chi connectivity index (χ4n) is 3.75. The summed E-state index contributed by atoms with van der Waals surface area (Å²) < 4.78 is 0. The number of hydrogen-bond acceptors (Lipinski definition) is 3. The molecule has 0 spiro atoms. The Kier molecular flexibility index (Phi) is 3.65. The Balaban J connectivity index is 1.61. The predicted molar refractivity (Wildman–Crippen MR) is 73.6 cm³/mol. The van der Waals surface area contributed by atoms with Crippen molar-refractivity contribution >= 4 is 0 Å². The topological polar surface area (TPSA) is 35.5 Å². The van der Waals surface area contributed by atoms with Gasteiger partial charge in [0.25, 0.3) is 0 Å². The molecular formula is C15H28N2O. The molecule has 0 saturated heterocycles. The van der Waals surface area contributed by atoms with E-state index >= 15 is 0 Å². The van der Waals surface area contributed by atoms with Crippen molar-refractivity contribution in [3.8, 4) is 0 Å². The van der Waals surface area contributed by atoms with Gasteiger partial charge < -0.3 is 15.3 Å². The van der Waals surface area contributed by atoms with Gasteiger partial charge in [0.05, 0.1) is 6.61 Å². The summed E-state index contributed by atoms with van der Waals surface area (Å²) in [6.07, 6.45) is 11.7. The maximum Gasteiger partial charge on any atom is 0.0613 e. The summed E-state index contributed by atoms with van der Waals surface area (Å²) in [6.45, 7) is 0.318. The lowest BCUT2D eigenvalue weighted by atomic mass is 9.77. The van der Waals surface area contributed by atoms with Crippen LogP contribution < -0.4 is 5.32 Å². The van der Waals surface area contributed by atoms with Gasteiger partial charge in [-0.1, -0.05) is 6.42 Å². The van der Waals surface area contributed by atoms with Gasteiger partial charge in [0.2, 0.25) is 0 Å². The zero-order valence-corrected chi connectivity index (χ0v) is 11.7. The molecule has 0 aromatic heterocycles. The van der Waals surface area contributed by atoms with E-state index in [4.69, 9.17) is 0 Å². The third kappa shape index (κ3) is 2.59. The molecule has 0 heterocycles. The Labute approximate surface area is 111 Å². The summed E-state index contributed by atoms with van der Waals surface area (Å²) in [5.41, 5.74) is 0.0299. The first kappa shape index (κ1) is 12.9. The molecule has 104 valence electrons. The van der Waals surface area contributed by atoms with Crippen molar-refractivity contribution in [1.82, 2.24) is 10.2 Å². The van der Waals surface area contributed by atoms with E-state index in [2.05, 4.69) is 17.3 Å². The zero-order valence-electron chi connectivity index (χ0n) is 11.7. The number of rotatable bonds is 5. The van der Waals surface area contributed by atoms with Gasteiger partial charge in [-0.15, -0.1) is 0 Å². The Morgan fingerprint density at radius 3 is 2.39 bits per heavy atom. The molecule has 3 nitrogen and oxygen atoms in total. The molecule has 3 aliphatic carbocycles. The summed E-state index contributed by atoms with van der Waals surface area (Å²) >= 11 is 0. The normalized spacial score (nSPS) is 37.8. The van der Waals surface area contributed by atoms with Crippen LogP contribution in [0.4, 0.5) is 0 Å². The number of nitrogens with one attached hydrogen (secondary N) is 1. The Hall–Kier alpha value is -0.120. The molecule has 3 aliphatic rings. The molecule has 0 radical (unpaired) electrons. The highest BCUT2D eigenvalue weighted by atomic mass is 16.3. The Bertz CT molecular complexity index is 288. The van der Waals surface area contributed by atoms with Crippen molar-refractivity contribution in [2.24, 2.45) is 0 Å². The van der Waals surface area contributed by atoms with E-state index in [0.29, 0.717) is 18.7 Å². The SMILES string of the molecule is CN(C1CCC1)C1CCCC(CO)(NC2CC2)C1. The molecule has 2 atom stereocenters. The number of hydrogen-bond donors (Lipinski definition) is 2. The minimum Gasteiger partial charge on any atom is -0.394 e. The van der Waals surface area contributed by atoms with Gasteiger partial charge in [0.1, 0.15) is 0 Å². The largest absolute Gasteiger partial charge is 0.394 e. The predicted octanol–water partition coefficient (Wildman–Crippen LogP) is 1.90. The van der Waals surface area contributed by atoms with Crippen LogP contribution in [0.25, 0.3) is 0 Å². The minimum atomic E-state index is 0.0299. The number of aliphatic hydroxyl groups is 1. The molecule has 0 aromatic rings. The summed E-state index contributed by atoms with van der Waals surface area (Å²) in [7, 11) is 2.30. The van der Waals surface area contributed by atoms with Crippen LogP contribution in [0.2, 0.25) is 0 Å². The lowest BCUT2D eigenvalue weighted by Crippen LogP contribution is -2.57. The van der Waals surface area contributed by atoms with Crippen molar-refractivity contribution < 1.29 is 5.11 Å². The standard InChI is InChI=1S/C15H28N2O/c1-17(13-4-2-5-13)14-6-3-9-15(10-14,11-18)16-12-7-8-12/h12-14,16,18H,2-11H2,1H3. The second-order valence-electron chi connectivity index (χ2n) is 6.86. The van der Waals surface area contributed by atoms with Crippen LogP contribution in [0.3, 0.4) is 0 Å². The minimum absolute atomic E-state index is 0.0299. The average molecular weight is 252 g/mol. The van der Waals surface area contributed by atoms with Gasteiger partial charge in [-0.05, 0) is 58.4 Å². The van der Waals surface area contributed by atoms with Gasteiger partial charge in [0.15, 0.2) is 0 Å². The maximum atomic E-state index is 9.85. The van der Waals surface area contributed by atoms with Crippen LogP contribution in [0.15, 0.2) is 0 Å². The second kappa shape index (κ2) is 5.10. The molecule has 2 N–H and O–H groups in total. The first-order chi connectivity index (χ1) is 8.72. The molecule has 3 heteroatoms. The van der Waals surface area contributed by atoms with Crippen LogP contribution in [-0.2, 0) is 0 Å². The van der Waals surface area contributed by atoms with E-state index in [-0.39, 0.29) is 5.54 Å². The van der Waals surface area contributed by atoms with Crippen LogP contribution in [0.1, 0.15) is 57.8 Å². The fraction of sp³-hybridized carbons (Fsp3) is 1.00. The summed E-state index contributed by atoms with van der Waals surface area (Å²) in [5, 5.41) is 13.6. The fourth-order valence-corrected chi connectivity index (χ4v) is 3.75. The van der Waals surface area contributed by atoms with Crippen molar-refractivity contribution in [3.05, 3.63) is 0 Å². The molecule has 0 amide bonds. The molecule has 2 unspecified atom stereocenters. The van der Waals surface area contributed by atoms with Gasteiger partial charge >= 0.3 is 0 Å². The van der Waals surface area contributed by atoms with Crippen LogP contribution >= 0.6 is 0 Å². The lowest BCUT2D eigenvalue weighted by molar-refractivity contribution is 0.0325. The monoisotopic (exact) mass is 252 g/mol.